The molecule has 1 aromatic rings. The van der Waals surface area contributed by atoms with Crippen LogP contribution in [-0.4, -0.2) is 54.0 Å². The number of likely N-dealkylation sites (tertiary alicyclic amines) is 1. The van der Waals surface area contributed by atoms with E-state index in [1.54, 1.807) is 24.3 Å². The third-order valence-electron chi connectivity index (χ3n) is 4.87. The van der Waals surface area contributed by atoms with Gasteiger partial charge in [-0.3, -0.25) is 19.8 Å². The van der Waals surface area contributed by atoms with E-state index in [1.807, 2.05) is 18.2 Å². The Bertz CT molecular complexity index is 807. The van der Waals surface area contributed by atoms with Crippen molar-refractivity contribution in [1.29, 1.82) is 0 Å². The van der Waals surface area contributed by atoms with Crippen molar-refractivity contribution in [1.82, 2.24) is 15.5 Å². The fourth-order valence-corrected chi connectivity index (χ4v) is 3.70. The second-order valence-electron chi connectivity index (χ2n) is 6.54. The lowest BCUT2D eigenvalue weighted by Gasteiger charge is -2.17. The molecule has 0 saturated carbocycles. The molecule has 0 radical (unpaired) electrons. The number of urea groups is 1. The normalized spacial score (nSPS) is 28.6. The quantitative estimate of drug-likeness (QED) is 0.295. The summed E-state index contributed by atoms with van der Waals surface area (Å²) in [6.07, 6.45) is 3.04. The smallest absolute Gasteiger partial charge is 0.321 e. The number of guanidine groups is 1. The monoisotopic (exact) mass is 369 g/mol. The van der Waals surface area contributed by atoms with Crippen LogP contribution in [-0.2, 0) is 14.3 Å². The van der Waals surface area contributed by atoms with Gasteiger partial charge < -0.3 is 15.8 Å². The zero-order valence-electron chi connectivity index (χ0n) is 14.4. The van der Waals surface area contributed by atoms with Crippen LogP contribution in [0.15, 0.2) is 47.5 Å². The molecule has 140 valence electrons. The molecular weight excluding hydrogens is 350 g/mol. The number of hydrogen-bond donors (Lipinski definition) is 3. The third kappa shape index (κ3) is 3.17. The highest BCUT2D eigenvalue weighted by molar-refractivity contribution is 6.06. The van der Waals surface area contributed by atoms with Crippen LogP contribution in [0.5, 0.6) is 0 Å². The van der Waals surface area contributed by atoms with Crippen LogP contribution in [0.1, 0.15) is 0 Å². The van der Waals surface area contributed by atoms with E-state index < -0.39 is 17.9 Å². The van der Waals surface area contributed by atoms with Crippen LogP contribution < -0.4 is 16.4 Å². The van der Waals surface area contributed by atoms with Gasteiger partial charge in [0.05, 0.1) is 29.7 Å². The zero-order chi connectivity index (χ0) is 19.0. The van der Waals surface area contributed by atoms with Crippen LogP contribution in [0.25, 0.3) is 0 Å². The summed E-state index contributed by atoms with van der Waals surface area (Å²) in [6.45, 7) is 0.220. The van der Waals surface area contributed by atoms with E-state index in [2.05, 4.69) is 15.6 Å². The second-order valence-corrected chi connectivity index (χ2v) is 6.54. The van der Waals surface area contributed by atoms with E-state index in [1.165, 1.54) is 4.90 Å². The number of para-hydroxylation sites is 1. The second kappa shape index (κ2) is 6.84. The molecule has 4 N–H and O–H groups in total. The lowest BCUT2D eigenvalue weighted by atomic mass is 9.85. The molecule has 2 saturated heterocycles. The maximum Gasteiger partial charge on any atom is 0.321 e. The number of fused-ring (bicyclic) bond motifs is 5. The number of nitrogens with zero attached hydrogens (tertiary/aromatic N) is 2. The number of imide groups is 1. The number of amides is 4. The molecule has 4 unspecified atom stereocenters. The molecule has 0 spiro atoms. The average molecular weight is 369 g/mol. The number of rotatable bonds is 4. The molecule has 4 rings (SSSR count). The van der Waals surface area contributed by atoms with E-state index in [9.17, 15) is 14.4 Å². The maximum absolute atomic E-state index is 12.5. The topological polar surface area (TPSA) is 126 Å². The number of nitrogens with one attached hydrogen (secondary N) is 2. The summed E-state index contributed by atoms with van der Waals surface area (Å²) in [5, 5.41) is 4.97. The first-order valence-corrected chi connectivity index (χ1v) is 8.67. The van der Waals surface area contributed by atoms with E-state index in [0.29, 0.717) is 5.69 Å². The van der Waals surface area contributed by atoms with E-state index in [0.717, 1.165) is 0 Å². The highest BCUT2D eigenvalue weighted by Gasteiger charge is 2.60. The van der Waals surface area contributed by atoms with Gasteiger partial charge in [-0.25, -0.2) is 9.79 Å². The molecule has 2 bridgehead atoms. The van der Waals surface area contributed by atoms with Gasteiger partial charge in [-0.05, 0) is 12.1 Å². The van der Waals surface area contributed by atoms with Crippen molar-refractivity contribution in [2.45, 2.75) is 12.2 Å². The molecule has 0 aromatic heterocycles. The summed E-state index contributed by atoms with van der Waals surface area (Å²) in [5.41, 5.74) is 6.29. The first kappa shape index (κ1) is 17.2. The zero-order valence-corrected chi connectivity index (χ0v) is 14.4. The summed E-state index contributed by atoms with van der Waals surface area (Å²) in [6, 6.07) is 8.39. The fraction of sp³-hybridized carbons (Fsp3) is 0.333. The van der Waals surface area contributed by atoms with Gasteiger partial charge in [0, 0.05) is 13.1 Å². The van der Waals surface area contributed by atoms with Crippen molar-refractivity contribution in [3.8, 4) is 0 Å². The van der Waals surface area contributed by atoms with Gasteiger partial charge in [-0.2, -0.15) is 0 Å². The van der Waals surface area contributed by atoms with Crippen LogP contribution in [0.3, 0.4) is 0 Å². The summed E-state index contributed by atoms with van der Waals surface area (Å²) in [5.74, 6) is -1.41. The Hall–Kier alpha value is -3.20. The van der Waals surface area contributed by atoms with Crippen molar-refractivity contribution in [3.63, 3.8) is 0 Å². The molecule has 4 amide bonds. The van der Waals surface area contributed by atoms with E-state index in [4.69, 9.17) is 10.5 Å². The lowest BCUT2D eigenvalue weighted by molar-refractivity contribution is -0.142. The Labute approximate surface area is 155 Å². The number of ether oxygens (including phenoxy) is 1. The SMILES string of the molecule is NC(=Nc1ccccc1)NC(=O)NCCN1C(=O)C2C3C=CC(O3)C2C1=O. The Morgan fingerprint density at radius 2 is 1.74 bits per heavy atom. The van der Waals surface area contributed by atoms with Gasteiger partial charge in [0.2, 0.25) is 17.8 Å². The number of carbonyl (C=O) groups is 3. The number of nitrogens with two attached hydrogens (primary N) is 1. The predicted octanol–water partition coefficient (Wildman–Crippen LogP) is -0.130. The molecule has 2 fully saturated rings. The minimum Gasteiger partial charge on any atom is -0.369 e. The van der Waals surface area contributed by atoms with Gasteiger partial charge in [-0.1, -0.05) is 30.4 Å². The van der Waals surface area contributed by atoms with E-state index in [-0.39, 0.29) is 43.1 Å². The van der Waals surface area contributed by atoms with Crippen LogP contribution >= 0.6 is 0 Å². The molecule has 3 heterocycles. The average Bonchev–Trinajstić information content (AvgIpc) is 3.32. The predicted molar refractivity (Wildman–Crippen MR) is 95.8 cm³/mol. The molecule has 4 atom stereocenters. The molecule has 1 aromatic carbocycles. The number of aliphatic imine (C=N–C) groups is 1. The van der Waals surface area contributed by atoms with Crippen molar-refractivity contribution in [2.75, 3.05) is 13.1 Å². The molecule has 3 aliphatic heterocycles. The third-order valence-corrected chi connectivity index (χ3v) is 4.87. The Balaban J connectivity index is 1.27. The standard InChI is InChI=1S/C18H19N5O4/c19-17(21-10-4-2-1-3-5-10)22-18(26)20-8-9-23-15(24)13-11-6-7-12(27-11)14(13)16(23)25/h1-7,11-14H,8-9H2,(H4,19,20,21,22,26). The fourth-order valence-electron chi connectivity index (χ4n) is 3.70. The highest BCUT2D eigenvalue weighted by Crippen LogP contribution is 2.44. The minimum atomic E-state index is -0.559. The molecule has 3 aliphatic rings. The molecule has 27 heavy (non-hydrogen) atoms. The Morgan fingerprint density at radius 3 is 2.37 bits per heavy atom. The maximum atomic E-state index is 12.5. The minimum absolute atomic E-state index is 0.0543. The van der Waals surface area contributed by atoms with Crippen LogP contribution in [0, 0.1) is 11.8 Å². The van der Waals surface area contributed by atoms with E-state index >= 15 is 0 Å². The van der Waals surface area contributed by atoms with Crippen molar-refractivity contribution >= 4 is 29.5 Å². The summed E-state index contributed by atoms with van der Waals surface area (Å²) < 4.78 is 5.58. The summed E-state index contributed by atoms with van der Waals surface area (Å²) in [7, 11) is 0. The van der Waals surface area contributed by atoms with Crippen molar-refractivity contribution in [2.24, 2.45) is 22.6 Å². The van der Waals surface area contributed by atoms with Gasteiger partial charge in [-0.15, -0.1) is 0 Å². The molecule has 9 nitrogen and oxygen atoms in total. The first-order valence-electron chi connectivity index (χ1n) is 8.67. The number of benzene rings is 1. The van der Waals surface area contributed by atoms with Gasteiger partial charge in [0.1, 0.15) is 0 Å². The van der Waals surface area contributed by atoms with Gasteiger partial charge in [0.25, 0.3) is 0 Å². The first-order chi connectivity index (χ1) is 13.0. The van der Waals surface area contributed by atoms with Crippen molar-refractivity contribution < 1.29 is 19.1 Å². The van der Waals surface area contributed by atoms with Gasteiger partial charge >= 0.3 is 6.03 Å². The number of hydrogen-bond acceptors (Lipinski definition) is 5. The Morgan fingerprint density at radius 1 is 1.11 bits per heavy atom. The molecule has 9 heteroatoms. The summed E-state index contributed by atoms with van der Waals surface area (Å²) >= 11 is 0. The molecular formula is C18H19N5O4. The summed E-state index contributed by atoms with van der Waals surface area (Å²) in [4.78, 5) is 42.1. The van der Waals surface area contributed by atoms with Crippen LogP contribution in [0.2, 0.25) is 0 Å². The van der Waals surface area contributed by atoms with Gasteiger partial charge in [0.15, 0.2) is 0 Å². The lowest BCUT2D eigenvalue weighted by Crippen LogP contribution is -2.46. The Kier molecular flexibility index (Phi) is 4.36. The molecule has 0 aliphatic carbocycles. The highest BCUT2D eigenvalue weighted by atomic mass is 16.5. The largest absolute Gasteiger partial charge is 0.369 e. The number of carbonyl (C=O) groups excluding carboxylic acids is 3. The van der Waals surface area contributed by atoms with Crippen LogP contribution in [0.4, 0.5) is 10.5 Å². The van der Waals surface area contributed by atoms with Crippen molar-refractivity contribution in [3.05, 3.63) is 42.5 Å².